The van der Waals surface area contributed by atoms with Crippen LogP contribution in [-0.4, -0.2) is 36.0 Å². The maximum atomic E-state index is 13.2. The van der Waals surface area contributed by atoms with Gasteiger partial charge in [-0.1, -0.05) is 61.0 Å². The van der Waals surface area contributed by atoms with Crippen molar-refractivity contribution in [3.8, 4) is 0 Å². The number of carbonyl (C=O) groups excluding carboxylic acids is 2. The van der Waals surface area contributed by atoms with Crippen molar-refractivity contribution in [2.75, 3.05) is 13.2 Å². The maximum Gasteiger partial charge on any atom is 0.247 e. The molecule has 0 radical (unpaired) electrons. The molecular formula is C24H31ClN2O3. The summed E-state index contributed by atoms with van der Waals surface area (Å²) in [5, 5.41) is 3.61. The Kier molecular flexibility index (Phi) is 9.84. The topological polar surface area (TPSA) is 58.6 Å². The van der Waals surface area contributed by atoms with Crippen LogP contribution in [-0.2, 0) is 20.9 Å². The zero-order valence-electron chi connectivity index (χ0n) is 17.9. The number of hydrogen-bond donors (Lipinski definition) is 1. The monoisotopic (exact) mass is 430 g/mol. The molecule has 0 aromatic heterocycles. The average molecular weight is 431 g/mol. The molecule has 0 unspecified atom stereocenters. The van der Waals surface area contributed by atoms with Crippen LogP contribution >= 0.6 is 11.6 Å². The molecule has 6 heteroatoms. The third-order valence-corrected chi connectivity index (χ3v) is 4.89. The molecule has 0 spiro atoms. The van der Waals surface area contributed by atoms with Crippen LogP contribution in [0.15, 0.2) is 54.6 Å². The zero-order chi connectivity index (χ0) is 21.9. The second kappa shape index (κ2) is 12.4. The van der Waals surface area contributed by atoms with Gasteiger partial charge in [-0.3, -0.25) is 9.59 Å². The molecule has 2 amide bonds. The van der Waals surface area contributed by atoms with E-state index in [-0.39, 0.29) is 17.9 Å². The third kappa shape index (κ3) is 7.47. The zero-order valence-corrected chi connectivity index (χ0v) is 18.7. The number of rotatable bonds is 11. The molecule has 0 aliphatic carbocycles. The molecule has 0 saturated heterocycles. The van der Waals surface area contributed by atoms with E-state index in [1.807, 2.05) is 56.3 Å². The van der Waals surface area contributed by atoms with Crippen molar-refractivity contribution >= 4 is 23.4 Å². The van der Waals surface area contributed by atoms with E-state index in [1.54, 1.807) is 24.0 Å². The first-order chi connectivity index (χ1) is 14.4. The van der Waals surface area contributed by atoms with Gasteiger partial charge in [-0.05, 0) is 43.5 Å². The number of nitrogens with one attached hydrogen (secondary N) is 1. The predicted octanol–water partition coefficient (Wildman–Crippen LogP) is 4.75. The normalized spacial score (nSPS) is 11.9. The second-order valence-electron chi connectivity index (χ2n) is 7.38. The molecule has 0 bridgehead atoms. The second-order valence-corrected chi connectivity index (χ2v) is 7.82. The SMILES string of the molecule is CCC(=O)N(Cc1ccc(Cl)cc1)[C@@H](C(=O)NCCCOC(C)C)c1ccccc1. The lowest BCUT2D eigenvalue weighted by Crippen LogP contribution is -2.43. The molecule has 1 N–H and O–H groups in total. The van der Waals surface area contributed by atoms with E-state index in [2.05, 4.69) is 5.32 Å². The Morgan fingerprint density at radius 3 is 2.33 bits per heavy atom. The number of ether oxygens (including phenoxy) is 1. The largest absolute Gasteiger partial charge is 0.379 e. The van der Waals surface area contributed by atoms with E-state index >= 15 is 0 Å². The number of benzene rings is 2. The fourth-order valence-electron chi connectivity index (χ4n) is 3.12. The van der Waals surface area contributed by atoms with E-state index in [9.17, 15) is 9.59 Å². The molecule has 0 saturated carbocycles. The van der Waals surface area contributed by atoms with Gasteiger partial charge in [-0.25, -0.2) is 0 Å². The Hall–Kier alpha value is -2.37. The molecule has 5 nitrogen and oxygen atoms in total. The summed E-state index contributed by atoms with van der Waals surface area (Å²) in [6.07, 6.45) is 1.19. The van der Waals surface area contributed by atoms with Gasteiger partial charge in [0, 0.05) is 31.1 Å². The first-order valence-corrected chi connectivity index (χ1v) is 10.8. The van der Waals surface area contributed by atoms with Gasteiger partial charge >= 0.3 is 0 Å². The standard InChI is InChI=1S/C24H31ClN2O3/c1-4-22(28)27(17-19-11-13-21(25)14-12-19)23(20-9-6-5-7-10-20)24(29)26-15-8-16-30-18(2)3/h5-7,9-14,18,23H,4,8,15-17H2,1-3H3,(H,26,29)/t23-/m1/s1. The number of amides is 2. The highest BCUT2D eigenvalue weighted by Crippen LogP contribution is 2.25. The summed E-state index contributed by atoms with van der Waals surface area (Å²) in [5.41, 5.74) is 1.70. The summed E-state index contributed by atoms with van der Waals surface area (Å²) in [6, 6.07) is 16.0. The van der Waals surface area contributed by atoms with Gasteiger partial charge in [0.2, 0.25) is 11.8 Å². The van der Waals surface area contributed by atoms with E-state index in [0.717, 1.165) is 11.1 Å². The Morgan fingerprint density at radius 1 is 1.07 bits per heavy atom. The molecular weight excluding hydrogens is 400 g/mol. The van der Waals surface area contributed by atoms with Crippen molar-refractivity contribution in [1.29, 1.82) is 0 Å². The quantitative estimate of drug-likeness (QED) is 0.523. The summed E-state index contributed by atoms with van der Waals surface area (Å²) in [4.78, 5) is 27.7. The van der Waals surface area contributed by atoms with Crippen LogP contribution < -0.4 is 5.32 Å². The van der Waals surface area contributed by atoms with Crippen molar-refractivity contribution in [3.05, 3.63) is 70.7 Å². The summed E-state index contributed by atoms with van der Waals surface area (Å²) in [7, 11) is 0. The highest BCUT2D eigenvalue weighted by Gasteiger charge is 2.30. The molecule has 30 heavy (non-hydrogen) atoms. The minimum absolute atomic E-state index is 0.0860. The number of hydrogen-bond acceptors (Lipinski definition) is 3. The van der Waals surface area contributed by atoms with Crippen LogP contribution in [0, 0.1) is 0 Å². The van der Waals surface area contributed by atoms with Crippen molar-refractivity contribution in [2.24, 2.45) is 0 Å². The van der Waals surface area contributed by atoms with Crippen molar-refractivity contribution in [1.82, 2.24) is 10.2 Å². The minimum Gasteiger partial charge on any atom is -0.379 e. The number of carbonyl (C=O) groups is 2. The Balaban J connectivity index is 2.22. The van der Waals surface area contributed by atoms with Crippen molar-refractivity contribution in [2.45, 2.75) is 52.3 Å². The molecule has 0 fully saturated rings. The summed E-state index contributed by atoms with van der Waals surface area (Å²) in [5.74, 6) is -0.279. The van der Waals surface area contributed by atoms with Crippen LogP contribution in [0.5, 0.6) is 0 Å². The van der Waals surface area contributed by atoms with Gasteiger partial charge in [0.05, 0.1) is 6.10 Å². The average Bonchev–Trinajstić information content (AvgIpc) is 2.74. The number of nitrogens with zero attached hydrogens (tertiary/aromatic N) is 1. The third-order valence-electron chi connectivity index (χ3n) is 4.64. The molecule has 2 aromatic rings. The van der Waals surface area contributed by atoms with Crippen molar-refractivity contribution in [3.63, 3.8) is 0 Å². The lowest BCUT2D eigenvalue weighted by atomic mass is 10.0. The Labute approximate surface area is 184 Å². The Morgan fingerprint density at radius 2 is 1.73 bits per heavy atom. The lowest BCUT2D eigenvalue weighted by Gasteiger charge is -2.31. The van der Waals surface area contributed by atoms with Gasteiger partial charge in [0.25, 0.3) is 0 Å². The first kappa shape index (κ1) is 23.9. The minimum atomic E-state index is -0.708. The van der Waals surface area contributed by atoms with E-state index in [1.165, 1.54) is 0 Å². The molecule has 0 heterocycles. The van der Waals surface area contributed by atoms with Gasteiger partial charge in [-0.15, -0.1) is 0 Å². The molecule has 2 rings (SSSR count). The van der Waals surface area contributed by atoms with Gasteiger partial charge < -0.3 is 15.0 Å². The van der Waals surface area contributed by atoms with E-state index < -0.39 is 6.04 Å². The fourth-order valence-corrected chi connectivity index (χ4v) is 3.25. The summed E-state index contributed by atoms with van der Waals surface area (Å²) in [6.45, 7) is 7.16. The number of halogens is 1. The van der Waals surface area contributed by atoms with E-state index in [4.69, 9.17) is 16.3 Å². The highest BCUT2D eigenvalue weighted by atomic mass is 35.5. The molecule has 0 aliphatic heterocycles. The van der Waals surface area contributed by atoms with Gasteiger partial charge in [0.1, 0.15) is 6.04 Å². The highest BCUT2D eigenvalue weighted by molar-refractivity contribution is 6.30. The summed E-state index contributed by atoms with van der Waals surface area (Å²) >= 11 is 5.99. The predicted molar refractivity (Wildman–Crippen MR) is 120 cm³/mol. The first-order valence-electron chi connectivity index (χ1n) is 10.4. The smallest absolute Gasteiger partial charge is 0.247 e. The fraction of sp³-hybridized carbons (Fsp3) is 0.417. The van der Waals surface area contributed by atoms with Gasteiger partial charge in [0.15, 0.2) is 0 Å². The van der Waals surface area contributed by atoms with Crippen LogP contribution in [0.3, 0.4) is 0 Å². The Bertz CT molecular complexity index is 794. The van der Waals surface area contributed by atoms with Gasteiger partial charge in [-0.2, -0.15) is 0 Å². The van der Waals surface area contributed by atoms with Crippen molar-refractivity contribution < 1.29 is 14.3 Å². The molecule has 162 valence electrons. The van der Waals surface area contributed by atoms with Crippen LogP contribution in [0.25, 0.3) is 0 Å². The molecule has 0 aliphatic rings. The lowest BCUT2D eigenvalue weighted by molar-refractivity contribution is -0.141. The van der Waals surface area contributed by atoms with E-state index in [0.29, 0.717) is 37.6 Å². The maximum absolute atomic E-state index is 13.2. The summed E-state index contributed by atoms with van der Waals surface area (Å²) < 4.78 is 5.53. The van der Waals surface area contributed by atoms with Crippen LogP contribution in [0.2, 0.25) is 5.02 Å². The molecule has 2 aromatic carbocycles. The van der Waals surface area contributed by atoms with Crippen LogP contribution in [0.4, 0.5) is 0 Å². The van der Waals surface area contributed by atoms with Crippen LogP contribution in [0.1, 0.15) is 50.8 Å². The molecule has 1 atom stereocenters.